The number of hydrogen-bond donors (Lipinski definition) is 2. The molecule has 1 heterocycles. The van der Waals surface area contributed by atoms with Gasteiger partial charge in [-0.1, -0.05) is 68.7 Å². The Morgan fingerprint density at radius 1 is 0.733 bits per heavy atom. The quantitative estimate of drug-likeness (QED) is 0.451. The maximum Gasteiger partial charge on any atom is 0.274 e. The van der Waals surface area contributed by atoms with Crippen LogP contribution in [0, 0.1) is 0 Å². The maximum absolute atomic E-state index is 13.0. The molecule has 0 unspecified atom stereocenters. The van der Waals surface area contributed by atoms with Gasteiger partial charge in [-0.25, -0.2) is 4.98 Å². The summed E-state index contributed by atoms with van der Waals surface area (Å²) in [6, 6.07) is 22.0. The Bertz CT molecular complexity index is 972. The highest BCUT2D eigenvalue weighted by Crippen LogP contribution is 2.17. The van der Waals surface area contributed by atoms with Crippen LogP contribution in [0.15, 0.2) is 72.8 Å². The van der Waals surface area contributed by atoms with Gasteiger partial charge in [0.1, 0.15) is 11.4 Å². The summed E-state index contributed by atoms with van der Waals surface area (Å²) in [4.78, 5) is 30.0. The zero-order valence-electron chi connectivity index (χ0n) is 17.2. The molecule has 0 saturated heterocycles. The van der Waals surface area contributed by atoms with Gasteiger partial charge in [-0.2, -0.15) is 0 Å². The third-order valence-corrected chi connectivity index (χ3v) is 4.79. The number of pyridine rings is 1. The summed E-state index contributed by atoms with van der Waals surface area (Å²) in [5.74, 6) is -0.645. The van der Waals surface area contributed by atoms with Crippen LogP contribution in [-0.4, -0.2) is 16.8 Å². The fraction of sp³-hybridized carbons (Fsp3) is 0.240. The van der Waals surface area contributed by atoms with Crippen LogP contribution < -0.4 is 10.6 Å². The standard InChI is InChI=1S/C25H27N3O2/c1-2-3-4-7-12-19-17-18-22(24(29)26-20-13-8-5-9-14-20)28-23(19)25(30)27-21-15-10-6-11-16-21/h5-6,8-11,13-18H,2-4,7,12H2,1H3,(H,26,29)(H,27,30). The van der Waals surface area contributed by atoms with Crippen LogP contribution in [0.1, 0.15) is 59.1 Å². The Labute approximate surface area is 177 Å². The summed E-state index contributed by atoms with van der Waals surface area (Å²) in [5.41, 5.74) is 2.75. The van der Waals surface area contributed by atoms with Crippen molar-refractivity contribution in [3.8, 4) is 0 Å². The molecule has 5 nitrogen and oxygen atoms in total. The molecule has 0 aliphatic rings. The van der Waals surface area contributed by atoms with E-state index in [-0.39, 0.29) is 17.5 Å². The minimum Gasteiger partial charge on any atom is -0.321 e. The van der Waals surface area contributed by atoms with Crippen LogP contribution in [0.4, 0.5) is 11.4 Å². The number of para-hydroxylation sites is 2. The van der Waals surface area contributed by atoms with Gasteiger partial charge in [-0.3, -0.25) is 9.59 Å². The first kappa shape index (κ1) is 21.2. The number of anilines is 2. The normalized spacial score (nSPS) is 10.4. The molecular formula is C25H27N3O2. The van der Waals surface area contributed by atoms with Crippen LogP contribution in [-0.2, 0) is 6.42 Å². The Morgan fingerprint density at radius 3 is 1.93 bits per heavy atom. The van der Waals surface area contributed by atoms with E-state index >= 15 is 0 Å². The second-order valence-electron chi connectivity index (χ2n) is 7.16. The van der Waals surface area contributed by atoms with Crippen molar-refractivity contribution < 1.29 is 9.59 Å². The second-order valence-corrected chi connectivity index (χ2v) is 7.16. The first-order valence-corrected chi connectivity index (χ1v) is 10.4. The lowest BCUT2D eigenvalue weighted by Gasteiger charge is -2.12. The third-order valence-electron chi connectivity index (χ3n) is 4.79. The summed E-state index contributed by atoms with van der Waals surface area (Å²) >= 11 is 0. The van der Waals surface area contributed by atoms with Gasteiger partial charge in [0.05, 0.1) is 0 Å². The van der Waals surface area contributed by atoms with E-state index in [9.17, 15) is 9.59 Å². The van der Waals surface area contributed by atoms with E-state index < -0.39 is 0 Å². The molecule has 5 heteroatoms. The predicted octanol–water partition coefficient (Wildman–Crippen LogP) is 5.71. The second kappa shape index (κ2) is 10.9. The van der Waals surface area contributed by atoms with Gasteiger partial charge in [-0.05, 0) is 48.7 Å². The molecule has 3 rings (SSSR count). The molecule has 154 valence electrons. The first-order chi connectivity index (χ1) is 14.7. The molecule has 0 radical (unpaired) electrons. The Morgan fingerprint density at radius 2 is 1.33 bits per heavy atom. The number of amides is 2. The number of nitrogens with zero attached hydrogens (tertiary/aromatic N) is 1. The van der Waals surface area contributed by atoms with Crippen molar-refractivity contribution in [3.63, 3.8) is 0 Å². The molecule has 0 atom stereocenters. The molecule has 0 fully saturated rings. The smallest absolute Gasteiger partial charge is 0.274 e. The van der Waals surface area contributed by atoms with Gasteiger partial charge in [-0.15, -0.1) is 0 Å². The van der Waals surface area contributed by atoms with Crippen LogP contribution >= 0.6 is 0 Å². The molecule has 0 spiro atoms. The molecule has 0 aliphatic heterocycles. The van der Waals surface area contributed by atoms with Crippen LogP contribution in [0.2, 0.25) is 0 Å². The fourth-order valence-electron chi connectivity index (χ4n) is 3.18. The van der Waals surface area contributed by atoms with Crippen LogP contribution in [0.25, 0.3) is 0 Å². The number of nitrogens with one attached hydrogen (secondary N) is 2. The zero-order chi connectivity index (χ0) is 21.2. The molecular weight excluding hydrogens is 374 g/mol. The van der Waals surface area contributed by atoms with E-state index in [0.717, 1.165) is 37.7 Å². The van der Waals surface area contributed by atoms with Crippen molar-refractivity contribution in [1.82, 2.24) is 4.98 Å². The Hall–Kier alpha value is -3.47. The molecule has 0 saturated carbocycles. The molecule has 1 aromatic heterocycles. The molecule has 0 bridgehead atoms. The SMILES string of the molecule is CCCCCCc1ccc(C(=O)Nc2ccccc2)nc1C(=O)Nc1ccccc1. The van der Waals surface area contributed by atoms with Crippen molar-refractivity contribution >= 4 is 23.2 Å². The number of aryl methyl sites for hydroxylation is 1. The highest BCUT2D eigenvalue weighted by atomic mass is 16.2. The van der Waals surface area contributed by atoms with Gasteiger partial charge in [0, 0.05) is 11.4 Å². The average molecular weight is 402 g/mol. The summed E-state index contributed by atoms with van der Waals surface area (Å²) in [7, 11) is 0. The van der Waals surface area contributed by atoms with Crippen molar-refractivity contribution in [1.29, 1.82) is 0 Å². The minimum absolute atomic E-state index is 0.217. The number of aromatic nitrogens is 1. The minimum atomic E-state index is -0.340. The molecule has 30 heavy (non-hydrogen) atoms. The highest BCUT2D eigenvalue weighted by molar-refractivity contribution is 6.06. The van der Waals surface area contributed by atoms with Crippen molar-refractivity contribution in [3.05, 3.63) is 89.7 Å². The first-order valence-electron chi connectivity index (χ1n) is 10.4. The number of carbonyl (C=O) groups is 2. The lowest BCUT2D eigenvalue weighted by atomic mass is 10.0. The van der Waals surface area contributed by atoms with E-state index in [2.05, 4.69) is 22.5 Å². The van der Waals surface area contributed by atoms with E-state index in [4.69, 9.17) is 0 Å². The maximum atomic E-state index is 13.0. The van der Waals surface area contributed by atoms with Gasteiger partial charge in [0.2, 0.25) is 0 Å². The summed E-state index contributed by atoms with van der Waals surface area (Å²) in [5, 5.41) is 5.70. The fourth-order valence-corrected chi connectivity index (χ4v) is 3.18. The van der Waals surface area contributed by atoms with E-state index in [0.29, 0.717) is 17.1 Å². The molecule has 0 aliphatic carbocycles. The topological polar surface area (TPSA) is 71.1 Å². The number of unbranched alkanes of at least 4 members (excludes halogenated alkanes) is 3. The molecule has 3 aromatic rings. The van der Waals surface area contributed by atoms with Gasteiger partial charge >= 0.3 is 0 Å². The van der Waals surface area contributed by atoms with E-state index in [1.807, 2.05) is 66.7 Å². The van der Waals surface area contributed by atoms with E-state index in [1.165, 1.54) is 0 Å². The van der Waals surface area contributed by atoms with Crippen molar-refractivity contribution in [2.45, 2.75) is 39.0 Å². The van der Waals surface area contributed by atoms with Crippen LogP contribution in [0.3, 0.4) is 0 Å². The number of rotatable bonds is 9. The lowest BCUT2D eigenvalue weighted by Crippen LogP contribution is -2.20. The van der Waals surface area contributed by atoms with E-state index in [1.54, 1.807) is 6.07 Å². The number of carbonyl (C=O) groups excluding carboxylic acids is 2. The van der Waals surface area contributed by atoms with Crippen molar-refractivity contribution in [2.75, 3.05) is 10.6 Å². The van der Waals surface area contributed by atoms with Gasteiger partial charge in [0.25, 0.3) is 11.8 Å². The van der Waals surface area contributed by atoms with Crippen LogP contribution in [0.5, 0.6) is 0 Å². The number of benzene rings is 2. The Balaban J connectivity index is 1.82. The predicted molar refractivity (Wildman–Crippen MR) is 121 cm³/mol. The number of hydrogen-bond acceptors (Lipinski definition) is 3. The monoisotopic (exact) mass is 401 g/mol. The molecule has 2 amide bonds. The van der Waals surface area contributed by atoms with Gasteiger partial charge in [0.15, 0.2) is 0 Å². The van der Waals surface area contributed by atoms with Crippen molar-refractivity contribution in [2.24, 2.45) is 0 Å². The molecule has 2 N–H and O–H groups in total. The zero-order valence-corrected chi connectivity index (χ0v) is 17.2. The Kier molecular flexibility index (Phi) is 7.72. The summed E-state index contributed by atoms with van der Waals surface area (Å²) in [6.07, 6.45) is 5.16. The molecule has 2 aromatic carbocycles. The lowest BCUT2D eigenvalue weighted by molar-refractivity contribution is 0.101. The third kappa shape index (κ3) is 6.01. The van der Waals surface area contributed by atoms with Gasteiger partial charge < -0.3 is 10.6 Å². The summed E-state index contributed by atoms with van der Waals surface area (Å²) in [6.45, 7) is 2.17. The largest absolute Gasteiger partial charge is 0.321 e. The highest BCUT2D eigenvalue weighted by Gasteiger charge is 2.17. The average Bonchev–Trinajstić information content (AvgIpc) is 2.78. The summed E-state index contributed by atoms with van der Waals surface area (Å²) < 4.78 is 0.